The molecule has 1 amide bonds. The molecule has 3 N–H and O–H groups in total. The fourth-order valence-corrected chi connectivity index (χ4v) is 2.01. The molecule has 0 radical (unpaired) electrons. The van der Waals surface area contributed by atoms with Crippen LogP contribution in [0.5, 0.6) is 0 Å². The molecule has 0 bridgehead atoms. The second-order valence-electron chi connectivity index (χ2n) is 4.32. The number of hydrogen-bond acceptors (Lipinski definition) is 3. The molecular formula is C13H16N2O3. The lowest BCUT2D eigenvalue weighted by atomic mass is 10.1. The van der Waals surface area contributed by atoms with Gasteiger partial charge in [0.05, 0.1) is 0 Å². The van der Waals surface area contributed by atoms with Crippen molar-refractivity contribution in [3.8, 4) is 0 Å². The topological polar surface area (TPSA) is 78.4 Å². The van der Waals surface area contributed by atoms with E-state index in [9.17, 15) is 9.59 Å². The number of carboxylic acids is 1. The third kappa shape index (κ3) is 2.45. The van der Waals surface area contributed by atoms with Gasteiger partial charge in [0.15, 0.2) is 0 Å². The van der Waals surface area contributed by atoms with Gasteiger partial charge in [-0.2, -0.15) is 0 Å². The van der Waals surface area contributed by atoms with Crippen LogP contribution in [0.4, 0.5) is 5.69 Å². The molecular weight excluding hydrogens is 232 g/mol. The number of anilines is 1. The molecule has 18 heavy (non-hydrogen) atoms. The maximum Gasteiger partial charge on any atom is 0.326 e. The Balaban J connectivity index is 2.12. The zero-order valence-electron chi connectivity index (χ0n) is 10.2. The zero-order chi connectivity index (χ0) is 13.1. The molecule has 1 heterocycles. The highest BCUT2D eigenvalue weighted by Crippen LogP contribution is 2.23. The third-order valence-corrected chi connectivity index (χ3v) is 3.09. The van der Waals surface area contributed by atoms with Crippen molar-refractivity contribution >= 4 is 17.6 Å². The second-order valence-corrected chi connectivity index (χ2v) is 4.32. The Labute approximate surface area is 105 Å². The number of carboxylic acid groups (broad SMARTS) is 1. The summed E-state index contributed by atoms with van der Waals surface area (Å²) in [4.78, 5) is 22.8. The van der Waals surface area contributed by atoms with Crippen LogP contribution in [-0.4, -0.2) is 29.6 Å². The molecule has 96 valence electrons. The van der Waals surface area contributed by atoms with Gasteiger partial charge in [0, 0.05) is 17.8 Å². The highest BCUT2D eigenvalue weighted by molar-refractivity contribution is 5.97. The number of carbonyl (C=O) groups is 2. The standard InChI is InChI=1S/C13H16N2O3/c1-2-10(13(17)18)15-12(16)9-4-3-8-5-6-14-11(8)7-9/h3-4,7,10,14H,2,5-6H2,1H3,(H,15,16)(H,17,18). The average Bonchev–Trinajstić information content (AvgIpc) is 2.82. The summed E-state index contributed by atoms with van der Waals surface area (Å²) in [5, 5.41) is 14.6. The number of aliphatic carboxylic acids is 1. The minimum absolute atomic E-state index is 0.347. The second kappa shape index (κ2) is 5.08. The number of fused-ring (bicyclic) bond motifs is 1. The Hall–Kier alpha value is -2.04. The van der Waals surface area contributed by atoms with Crippen molar-refractivity contribution in [2.45, 2.75) is 25.8 Å². The van der Waals surface area contributed by atoms with Crippen LogP contribution in [-0.2, 0) is 11.2 Å². The molecule has 0 saturated carbocycles. The number of carbonyl (C=O) groups excluding carboxylic acids is 1. The molecule has 1 atom stereocenters. The summed E-state index contributed by atoms with van der Waals surface area (Å²) in [6.45, 7) is 2.61. The van der Waals surface area contributed by atoms with Crippen molar-refractivity contribution in [1.82, 2.24) is 5.32 Å². The number of benzene rings is 1. The first-order valence-electron chi connectivity index (χ1n) is 6.02. The highest BCUT2D eigenvalue weighted by Gasteiger charge is 2.19. The number of nitrogens with one attached hydrogen (secondary N) is 2. The molecule has 1 aliphatic heterocycles. The van der Waals surface area contributed by atoms with Gasteiger partial charge in [0.25, 0.3) is 5.91 Å². The normalized spacial score (nSPS) is 14.5. The summed E-state index contributed by atoms with van der Waals surface area (Å²) in [5.41, 5.74) is 2.64. The van der Waals surface area contributed by atoms with Crippen LogP contribution < -0.4 is 10.6 Å². The molecule has 0 aliphatic carbocycles. The first-order chi connectivity index (χ1) is 8.61. The molecule has 0 saturated heterocycles. The molecule has 1 unspecified atom stereocenters. The van der Waals surface area contributed by atoms with Crippen LogP contribution >= 0.6 is 0 Å². The fraction of sp³-hybridized carbons (Fsp3) is 0.385. The zero-order valence-corrected chi connectivity index (χ0v) is 10.2. The van der Waals surface area contributed by atoms with E-state index in [0.29, 0.717) is 12.0 Å². The van der Waals surface area contributed by atoms with Crippen LogP contribution in [0, 0.1) is 0 Å². The van der Waals surface area contributed by atoms with Gasteiger partial charge in [-0.25, -0.2) is 4.79 Å². The lowest BCUT2D eigenvalue weighted by Crippen LogP contribution is -2.40. The molecule has 5 heteroatoms. The molecule has 0 spiro atoms. The van der Waals surface area contributed by atoms with E-state index in [1.807, 2.05) is 6.07 Å². The molecule has 1 aromatic rings. The largest absolute Gasteiger partial charge is 0.480 e. The molecule has 0 fully saturated rings. The lowest BCUT2D eigenvalue weighted by molar-refractivity contribution is -0.139. The van der Waals surface area contributed by atoms with Gasteiger partial charge in [-0.15, -0.1) is 0 Å². The quantitative estimate of drug-likeness (QED) is 0.749. The van der Waals surface area contributed by atoms with E-state index in [4.69, 9.17) is 5.11 Å². The summed E-state index contributed by atoms with van der Waals surface area (Å²) in [6.07, 6.45) is 1.33. The van der Waals surface area contributed by atoms with Crippen molar-refractivity contribution in [3.63, 3.8) is 0 Å². The molecule has 2 rings (SSSR count). The van der Waals surface area contributed by atoms with E-state index in [2.05, 4.69) is 10.6 Å². The van der Waals surface area contributed by atoms with Crippen LogP contribution in [0.25, 0.3) is 0 Å². The Kier molecular flexibility index (Phi) is 3.50. The van der Waals surface area contributed by atoms with Gasteiger partial charge in [-0.1, -0.05) is 13.0 Å². The van der Waals surface area contributed by atoms with E-state index in [1.54, 1.807) is 19.1 Å². The minimum Gasteiger partial charge on any atom is -0.480 e. The van der Waals surface area contributed by atoms with Crippen LogP contribution in [0.15, 0.2) is 18.2 Å². The minimum atomic E-state index is -1.01. The number of rotatable bonds is 4. The summed E-state index contributed by atoms with van der Waals surface area (Å²) in [5.74, 6) is -1.36. The van der Waals surface area contributed by atoms with E-state index < -0.39 is 12.0 Å². The van der Waals surface area contributed by atoms with Gasteiger partial charge in [0.1, 0.15) is 6.04 Å². The van der Waals surface area contributed by atoms with Crippen molar-refractivity contribution < 1.29 is 14.7 Å². The molecule has 1 aliphatic rings. The Morgan fingerprint density at radius 2 is 2.28 bits per heavy atom. The number of hydrogen-bond donors (Lipinski definition) is 3. The predicted octanol–water partition coefficient (Wildman–Crippen LogP) is 1.25. The van der Waals surface area contributed by atoms with E-state index in [-0.39, 0.29) is 5.91 Å². The molecule has 0 aromatic heterocycles. The monoisotopic (exact) mass is 248 g/mol. The fourth-order valence-electron chi connectivity index (χ4n) is 2.01. The average molecular weight is 248 g/mol. The lowest BCUT2D eigenvalue weighted by Gasteiger charge is -2.12. The summed E-state index contributed by atoms with van der Waals surface area (Å²) < 4.78 is 0. The van der Waals surface area contributed by atoms with Crippen LogP contribution in [0.2, 0.25) is 0 Å². The van der Waals surface area contributed by atoms with E-state index >= 15 is 0 Å². The molecule has 5 nitrogen and oxygen atoms in total. The van der Waals surface area contributed by atoms with E-state index in [0.717, 1.165) is 18.7 Å². The third-order valence-electron chi connectivity index (χ3n) is 3.09. The summed E-state index contributed by atoms with van der Waals surface area (Å²) >= 11 is 0. The summed E-state index contributed by atoms with van der Waals surface area (Å²) in [6, 6.07) is 4.58. The van der Waals surface area contributed by atoms with Crippen molar-refractivity contribution in [2.24, 2.45) is 0 Å². The maximum atomic E-state index is 11.9. The van der Waals surface area contributed by atoms with Gasteiger partial charge in [0.2, 0.25) is 0 Å². The first kappa shape index (κ1) is 12.4. The predicted molar refractivity (Wildman–Crippen MR) is 67.8 cm³/mol. The Morgan fingerprint density at radius 1 is 1.50 bits per heavy atom. The van der Waals surface area contributed by atoms with Crippen molar-refractivity contribution in [1.29, 1.82) is 0 Å². The SMILES string of the molecule is CCC(NC(=O)c1ccc2c(c1)NCC2)C(=O)O. The van der Waals surface area contributed by atoms with Gasteiger partial charge < -0.3 is 15.7 Å². The van der Waals surface area contributed by atoms with E-state index in [1.165, 1.54) is 5.56 Å². The van der Waals surface area contributed by atoms with Crippen LogP contribution in [0.1, 0.15) is 29.3 Å². The Morgan fingerprint density at radius 3 is 2.94 bits per heavy atom. The maximum absolute atomic E-state index is 11.9. The van der Waals surface area contributed by atoms with Gasteiger partial charge in [-0.05, 0) is 30.5 Å². The van der Waals surface area contributed by atoms with Gasteiger partial charge in [-0.3, -0.25) is 4.79 Å². The highest BCUT2D eigenvalue weighted by atomic mass is 16.4. The summed E-state index contributed by atoms with van der Waals surface area (Å²) in [7, 11) is 0. The number of amides is 1. The first-order valence-corrected chi connectivity index (χ1v) is 6.02. The van der Waals surface area contributed by atoms with Crippen molar-refractivity contribution in [3.05, 3.63) is 29.3 Å². The van der Waals surface area contributed by atoms with Crippen molar-refractivity contribution in [2.75, 3.05) is 11.9 Å². The van der Waals surface area contributed by atoms with Crippen LogP contribution in [0.3, 0.4) is 0 Å². The smallest absolute Gasteiger partial charge is 0.326 e. The molecule has 1 aromatic carbocycles. The Bertz CT molecular complexity index is 485. The van der Waals surface area contributed by atoms with Gasteiger partial charge >= 0.3 is 5.97 Å².